The van der Waals surface area contributed by atoms with Crippen molar-refractivity contribution in [3.8, 4) is 0 Å². The molecule has 0 aromatic heterocycles. The number of hydrogen-bond donors (Lipinski definition) is 1. The summed E-state index contributed by atoms with van der Waals surface area (Å²) < 4.78 is 0. The molecule has 2 unspecified atom stereocenters. The third-order valence-corrected chi connectivity index (χ3v) is 4.15. The van der Waals surface area contributed by atoms with Crippen LogP contribution in [0, 0.1) is 5.92 Å². The minimum absolute atomic E-state index is 0.556. The molecule has 0 radical (unpaired) electrons. The van der Waals surface area contributed by atoms with Gasteiger partial charge in [-0.25, -0.2) is 0 Å². The number of hydrogen-bond acceptors (Lipinski definition) is 2. The Labute approximate surface area is 131 Å². The van der Waals surface area contributed by atoms with E-state index >= 15 is 0 Å². The minimum atomic E-state index is 0.556. The van der Waals surface area contributed by atoms with Gasteiger partial charge in [-0.15, -0.1) is 0 Å². The van der Waals surface area contributed by atoms with E-state index in [1.54, 1.807) is 0 Å². The lowest BCUT2D eigenvalue weighted by molar-refractivity contribution is 0.275. The van der Waals surface area contributed by atoms with E-state index in [1.165, 1.54) is 24.1 Å². The van der Waals surface area contributed by atoms with Gasteiger partial charge in [0.15, 0.2) is 0 Å². The molecule has 1 N–H and O–H groups in total. The van der Waals surface area contributed by atoms with E-state index in [0.29, 0.717) is 12.0 Å². The zero-order valence-electron chi connectivity index (χ0n) is 14.8. The fourth-order valence-electron chi connectivity index (χ4n) is 2.52. The lowest BCUT2D eigenvalue weighted by atomic mass is 9.99. The standard InChI is InChI=1S/C19H34N2/c1-7-16(4)13-21(6)14-18-8-10-19(11-9-18)17(5)12-20-15(2)3/h8-11,15-17,20H,7,12-14H2,1-6H3. The average Bonchev–Trinajstić information content (AvgIpc) is 2.45. The molecule has 0 amide bonds. The van der Waals surface area contributed by atoms with E-state index in [2.05, 4.69) is 76.1 Å². The van der Waals surface area contributed by atoms with Crippen molar-refractivity contribution in [1.29, 1.82) is 0 Å². The number of benzene rings is 1. The molecule has 0 aliphatic heterocycles. The van der Waals surface area contributed by atoms with Crippen LogP contribution in [-0.4, -0.2) is 31.1 Å². The smallest absolute Gasteiger partial charge is 0.0230 e. The number of rotatable bonds is 9. The van der Waals surface area contributed by atoms with Crippen molar-refractivity contribution in [2.75, 3.05) is 20.1 Å². The Kier molecular flexibility index (Phi) is 7.98. The van der Waals surface area contributed by atoms with Crippen LogP contribution in [0.2, 0.25) is 0 Å². The van der Waals surface area contributed by atoms with Crippen molar-refractivity contribution >= 4 is 0 Å². The van der Waals surface area contributed by atoms with Gasteiger partial charge in [-0.2, -0.15) is 0 Å². The Hall–Kier alpha value is -0.860. The molecule has 0 fully saturated rings. The van der Waals surface area contributed by atoms with Crippen LogP contribution in [-0.2, 0) is 6.54 Å². The molecule has 1 aromatic rings. The number of nitrogens with one attached hydrogen (secondary N) is 1. The molecule has 1 aromatic carbocycles. The van der Waals surface area contributed by atoms with Crippen LogP contribution in [0.1, 0.15) is 58.1 Å². The van der Waals surface area contributed by atoms with Gasteiger partial charge in [0.05, 0.1) is 0 Å². The highest BCUT2D eigenvalue weighted by molar-refractivity contribution is 5.25. The van der Waals surface area contributed by atoms with E-state index in [4.69, 9.17) is 0 Å². The summed E-state index contributed by atoms with van der Waals surface area (Å²) in [6.45, 7) is 14.5. The maximum atomic E-state index is 3.51. The van der Waals surface area contributed by atoms with Crippen molar-refractivity contribution in [2.24, 2.45) is 5.92 Å². The molecule has 2 nitrogen and oxygen atoms in total. The summed E-state index contributed by atoms with van der Waals surface area (Å²) in [5.74, 6) is 1.34. The van der Waals surface area contributed by atoms with Crippen LogP contribution < -0.4 is 5.32 Å². The van der Waals surface area contributed by atoms with Crippen molar-refractivity contribution in [3.63, 3.8) is 0 Å². The maximum Gasteiger partial charge on any atom is 0.0230 e. The van der Waals surface area contributed by atoms with E-state index in [0.717, 1.165) is 19.0 Å². The third kappa shape index (κ3) is 7.10. The molecule has 0 saturated carbocycles. The van der Waals surface area contributed by atoms with Gasteiger partial charge in [0, 0.05) is 25.7 Å². The molecule has 21 heavy (non-hydrogen) atoms. The average molecular weight is 290 g/mol. The maximum absolute atomic E-state index is 3.51. The molecular weight excluding hydrogens is 256 g/mol. The first-order chi connectivity index (χ1) is 9.92. The highest BCUT2D eigenvalue weighted by Gasteiger charge is 2.08. The second-order valence-corrected chi connectivity index (χ2v) is 6.92. The topological polar surface area (TPSA) is 15.3 Å². The molecule has 0 aliphatic rings. The van der Waals surface area contributed by atoms with Crippen molar-refractivity contribution in [3.05, 3.63) is 35.4 Å². The predicted octanol–water partition coefficient (Wildman–Crippen LogP) is 4.27. The fourth-order valence-corrected chi connectivity index (χ4v) is 2.52. The van der Waals surface area contributed by atoms with E-state index in [1.807, 2.05) is 0 Å². The molecule has 2 atom stereocenters. The van der Waals surface area contributed by atoms with Crippen LogP contribution in [0.5, 0.6) is 0 Å². The van der Waals surface area contributed by atoms with E-state index in [-0.39, 0.29) is 0 Å². The summed E-state index contributed by atoms with van der Waals surface area (Å²) in [5, 5.41) is 3.51. The SMILES string of the molecule is CCC(C)CN(C)Cc1ccc(C(C)CNC(C)C)cc1. The second-order valence-electron chi connectivity index (χ2n) is 6.92. The highest BCUT2D eigenvalue weighted by Crippen LogP contribution is 2.16. The normalized spacial score (nSPS) is 14.7. The summed E-state index contributed by atoms with van der Waals surface area (Å²) in [4.78, 5) is 2.42. The molecule has 2 heteroatoms. The lowest BCUT2D eigenvalue weighted by Crippen LogP contribution is -2.27. The Morgan fingerprint density at radius 1 is 1.05 bits per heavy atom. The van der Waals surface area contributed by atoms with Crippen LogP contribution in [0.25, 0.3) is 0 Å². The number of nitrogens with zero attached hydrogens (tertiary/aromatic N) is 1. The summed E-state index contributed by atoms with van der Waals surface area (Å²) in [6.07, 6.45) is 1.25. The van der Waals surface area contributed by atoms with E-state index in [9.17, 15) is 0 Å². The Balaban J connectivity index is 2.49. The molecule has 120 valence electrons. The Bertz CT molecular complexity index is 383. The van der Waals surface area contributed by atoms with Crippen molar-refractivity contribution in [2.45, 2.75) is 59.5 Å². The molecule has 0 aliphatic carbocycles. The quantitative estimate of drug-likeness (QED) is 0.731. The molecule has 0 saturated heterocycles. The van der Waals surface area contributed by atoms with Gasteiger partial charge in [-0.05, 0) is 30.0 Å². The van der Waals surface area contributed by atoms with Gasteiger partial charge in [-0.3, -0.25) is 0 Å². The van der Waals surface area contributed by atoms with Gasteiger partial charge >= 0.3 is 0 Å². The first-order valence-corrected chi connectivity index (χ1v) is 8.43. The van der Waals surface area contributed by atoms with Gasteiger partial charge in [0.2, 0.25) is 0 Å². The minimum Gasteiger partial charge on any atom is -0.314 e. The van der Waals surface area contributed by atoms with Crippen molar-refractivity contribution in [1.82, 2.24) is 10.2 Å². The van der Waals surface area contributed by atoms with Gasteiger partial charge in [0.1, 0.15) is 0 Å². The van der Waals surface area contributed by atoms with Crippen LogP contribution in [0.15, 0.2) is 24.3 Å². The fraction of sp³-hybridized carbons (Fsp3) is 0.684. The zero-order valence-corrected chi connectivity index (χ0v) is 14.8. The first kappa shape index (κ1) is 18.2. The van der Waals surface area contributed by atoms with Crippen LogP contribution in [0.3, 0.4) is 0 Å². The Morgan fingerprint density at radius 3 is 2.19 bits per heavy atom. The second kappa shape index (κ2) is 9.22. The molecule has 0 spiro atoms. The molecule has 0 bridgehead atoms. The highest BCUT2D eigenvalue weighted by atomic mass is 15.1. The largest absolute Gasteiger partial charge is 0.314 e. The van der Waals surface area contributed by atoms with Crippen LogP contribution >= 0.6 is 0 Å². The summed E-state index contributed by atoms with van der Waals surface area (Å²) in [6, 6.07) is 9.71. The van der Waals surface area contributed by atoms with Crippen LogP contribution in [0.4, 0.5) is 0 Å². The first-order valence-electron chi connectivity index (χ1n) is 8.43. The van der Waals surface area contributed by atoms with Gasteiger partial charge < -0.3 is 10.2 Å². The molecule has 1 rings (SSSR count). The zero-order chi connectivity index (χ0) is 15.8. The summed E-state index contributed by atoms with van der Waals surface area (Å²) in [5.41, 5.74) is 2.84. The molecular formula is C19H34N2. The van der Waals surface area contributed by atoms with Crippen molar-refractivity contribution < 1.29 is 0 Å². The predicted molar refractivity (Wildman–Crippen MR) is 93.8 cm³/mol. The van der Waals surface area contributed by atoms with Gasteiger partial charge in [-0.1, -0.05) is 65.3 Å². The summed E-state index contributed by atoms with van der Waals surface area (Å²) >= 11 is 0. The monoisotopic (exact) mass is 290 g/mol. The molecule has 0 heterocycles. The summed E-state index contributed by atoms with van der Waals surface area (Å²) in [7, 11) is 2.22. The Morgan fingerprint density at radius 2 is 1.67 bits per heavy atom. The van der Waals surface area contributed by atoms with E-state index < -0.39 is 0 Å². The third-order valence-electron chi connectivity index (χ3n) is 4.15. The lowest BCUT2D eigenvalue weighted by Gasteiger charge is -2.21. The van der Waals surface area contributed by atoms with Gasteiger partial charge in [0.25, 0.3) is 0 Å².